The largest absolute Gasteiger partial charge is 0.395 e. The molecule has 2 N–H and O–H groups in total. The fourth-order valence-electron chi connectivity index (χ4n) is 2.92. The van der Waals surface area contributed by atoms with Crippen molar-refractivity contribution in [3.8, 4) is 11.3 Å². The third-order valence-corrected chi connectivity index (χ3v) is 5.58. The van der Waals surface area contributed by atoms with E-state index in [1.54, 1.807) is 4.90 Å². The first kappa shape index (κ1) is 16.9. The maximum Gasteiger partial charge on any atom is 0.272 e. The van der Waals surface area contributed by atoms with Crippen molar-refractivity contribution in [2.24, 2.45) is 0 Å². The number of rotatable bonds is 6. The van der Waals surface area contributed by atoms with Gasteiger partial charge in [-0.3, -0.25) is 14.1 Å². The molecule has 1 unspecified atom stereocenters. The highest BCUT2D eigenvalue weighted by molar-refractivity contribution is 7.84. The average molecular weight is 347 g/mol. The van der Waals surface area contributed by atoms with Gasteiger partial charge in [-0.2, -0.15) is 5.10 Å². The quantitative estimate of drug-likeness (QED) is 0.836. The summed E-state index contributed by atoms with van der Waals surface area (Å²) in [6, 6.07) is 7.45. The minimum atomic E-state index is -1.18. The van der Waals surface area contributed by atoms with E-state index >= 15 is 0 Å². The van der Waals surface area contributed by atoms with Gasteiger partial charge in [0.1, 0.15) is 5.69 Å². The van der Waals surface area contributed by atoms with E-state index in [2.05, 4.69) is 17.1 Å². The summed E-state index contributed by atoms with van der Waals surface area (Å²) in [4.78, 5) is 15.2. The lowest BCUT2D eigenvalue weighted by atomic mass is 10.1. The number of fused-ring (bicyclic) bond motifs is 3. The zero-order valence-electron chi connectivity index (χ0n) is 13.6. The maximum absolute atomic E-state index is 12.8. The minimum Gasteiger partial charge on any atom is -0.395 e. The van der Waals surface area contributed by atoms with Gasteiger partial charge >= 0.3 is 0 Å². The summed E-state index contributed by atoms with van der Waals surface area (Å²) in [6.07, 6.45) is 1.84. The molecule has 2 aromatic rings. The normalized spacial score (nSPS) is 15.7. The van der Waals surface area contributed by atoms with Crippen molar-refractivity contribution >= 4 is 16.7 Å². The van der Waals surface area contributed by atoms with E-state index in [1.165, 1.54) is 0 Å². The van der Waals surface area contributed by atoms with Gasteiger partial charge in [-0.25, -0.2) is 0 Å². The molecule has 7 heteroatoms. The number of carbonyl (C=O) groups is 1. The number of nitrogens with one attached hydrogen (secondary N) is 1. The molecule has 1 aliphatic rings. The smallest absolute Gasteiger partial charge is 0.272 e. The standard InChI is InChI=1S/C17H21N3O3S/c1-2-3-8-20(9-10-21)17(22)16-13-11-24(23)14-7-5-4-6-12(14)15(13)18-19-16/h4-7,21H,2-3,8-11H2,1H3,(H,18,19). The van der Waals surface area contributed by atoms with Gasteiger partial charge in [-0.05, 0) is 12.5 Å². The predicted octanol–water partition coefficient (Wildman–Crippen LogP) is 1.93. The van der Waals surface area contributed by atoms with Gasteiger partial charge in [0, 0.05) is 29.1 Å². The molecule has 0 saturated carbocycles. The fourth-order valence-corrected chi connectivity index (χ4v) is 4.26. The van der Waals surface area contributed by atoms with Crippen molar-refractivity contribution in [3.05, 3.63) is 35.5 Å². The van der Waals surface area contributed by atoms with Gasteiger partial charge in [-0.15, -0.1) is 0 Å². The van der Waals surface area contributed by atoms with Gasteiger partial charge in [0.05, 0.1) is 28.9 Å². The highest BCUT2D eigenvalue weighted by Gasteiger charge is 2.30. The van der Waals surface area contributed by atoms with Crippen molar-refractivity contribution in [2.45, 2.75) is 30.4 Å². The van der Waals surface area contributed by atoms with Crippen LogP contribution in [0.2, 0.25) is 0 Å². The molecule has 1 aromatic heterocycles. The molecule has 0 saturated heterocycles. The number of aromatic nitrogens is 2. The lowest BCUT2D eigenvalue weighted by Gasteiger charge is -2.22. The third kappa shape index (κ3) is 3.01. The van der Waals surface area contributed by atoms with Crippen molar-refractivity contribution in [2.75, 3.05) is 19.7 Å². The molecule has 0 spiro atoms. The number of nitrogens with zero attached hydrogens (tertiary/aromatic N) is 2. The molecule has 6 nitrogen and oxygen atoms in total. The zero-order chi connectivity index (χ0) is 17.1. The highest BCUT2D eigenvalue weighted by Crippen LogP contribution is 2.36. The lowest BCUT2D eigenvalue weighted by molar-refractivity contribution is 0.0712. The Morgan fingerprint density at radius 1 is 1.38 bits per heavy atom. The topological polar surface area (TPSA) is 86.3 Å². The van der Waals surface area contributed by atoms with Crippen LogP contribution in [0, 0.1) is 0 Å². The number of aliphatic hydroxyl groups excluding tert-OH is 1. The van der Waals surface area contributed by atoms with Crippen LogP contribution in [-0.2, 0) is 16.6 Å². The van der Waals surface area contributed by atoms with Gasteiger partial charge in [-0.1, -0.05) is 31.5 Å². The Labute approximate surface area is 143 Å². The van der Waals surface area contributed by atoms with E-state index in [0.717, 1.165) is 23.3 Å². The number of hydrogen-bond acceptors (Lipinski definition) is 4. The van der Waals surface area contributed by atoms with Crippen LogP contribution in [0.25, 0.3) is 11.3 Å². The molecule has 0 aliphatic carbocycles. The second-order valence-corrected chi connectivity index (χ2v) is 7.20. The van der Waals surface area contributed by atoms with Crippen LogP contribution in [0.5, 0.6) is 0 Å². The number of amides is 1. The van der Waals surface area contributed by atoms with Crippen LogP contribution in [0.1, 0.15) is 35.8 Å². The molecule has 24 heavy (non-hydrogen) atoms. The number of unbranched alkanes of at least 4 members (excludes halogenated alkanes) is 1. The van der Waals surface area contributed by atoms with Crippen LogP contribution in [0.3, 0.4) is 0 Å². The molecule has 3 rings (SSSR count). The molecule has 1 aromatic carbocycles. The number of H-pyrrole nitrogens is 1. The molecule has 0 radical (unpaired) electrons. The van der Waals surface area contributed by atoms with E-state index in [9.17, 15) is 14.1 Å². The highest BCUT2D eigenvalue weighted by atomic mass is 32.2. The number of aromatic amines is 1. The van der Waals surface area contributed by atoms with Crippen LogP contribution in [0.15, 0.2) is 29.2 Å². The maximum atomic E-state index is 12.8. The Hall–Kier alpha value is -1.99. The van der Waals surface area contributed by atoms with Gasteiger partial charge in [0.2, 0.25) is 0 Å². The second kappa shape index (κ2) is 7.27. The number of carbonyl (C=O) groups excluding carboxylic acids is 1. The minimum absolute atomic E-state index is 0.0828. The van der Waals surface area contributed by atoms with Crippen molar-refractivity contribution < 1.29 is 14.1 Å². The molecule has 1 aliphatic heterocycles. The SMILES string of the molecule is CCCCN(CCO)C(=O)c1[nH]nc2c1CS(=O)c1ccccc1-2. The van der Waals surface area contributed by atoms with E-state index < -0.39 is 10.8 Å². The number of aliphatic hydroxyl groups is 1. The Morgan fingerprint density at radius 2 is 2.17 bits per heavy atom. The molecular formula is C17H21N3O3S. The lowest BCUT2D eigenvalue weighted by Crippen LogP contribution is -2.35. The van der Waals surface area contributed by atoms with E-state index in [1.807, 2.05) is 24.3 Å². The van der Waals surface area contributed by atoms with Gasteiger partial charge < -0.3 is 10.0 Å². The second-order valence-electron chi connectivity index (χ2n) is 5.78. The summed E-state index contributed by atoms with van der Waals surface area (Å²) in [5.74, 6) is 0.0904. The van der Waals surface area contributed by atoms with Crippen LogP contribution >= 0.6 is 0 Å². The Balaban J connectivity index is 1.96. The molecular weight excluding hydrogens is 326 g/mol. The molecule has 1 amide bonds. The Morgan fingerprint density at radius 3 is 2.92 bits per heavy atom. The van der Waals surface area contributed by atoms with Gasteiger partial charge in [0.25, 0.3) is 5.91 Å². The first-order valence-corrected chi connectivity index (χ1v) is 9.44. The summed E-state index contributed by atoms with van der Waals surface area (Å²) in [5, 5.41) is 16.4. The monoisotopic (exact) mass is 347 g/mol. The summed E-state index contributed by atoms with van der Waals surface area (Å²) >= 11 is 0. The van der Waals surface area contributed by atoms with Crippen LogP contribution in [-0.4, -0.2) is 50.0 Å². The fraction of sp³-hybridized carbons (Fsp3) is 0.412. The predicted molar refractivity (Wildman–Crippen MR) is 92.0 cm³/mol. The van der Waals surface area contributed by atoms with Gasteiger partial charge in [0.15, 0.2) is 0 Å². The molecule has 1 atom stereocenters. The Bertz CT molecular complexity index is 772. The molecule has 0 fully saturated rings. The van der Waals surface area contributed by atoms with Crippen molar-refractivity contribution in [1.29, 1.82) is 0 Å². The van der Waals surface area contributed by atoms with Crippen LogP contribution in [0.4, 0.5) is 0 Å². The number of benzene rings is 1. The van der Waals surface area contributed by atoms with Crippen LogP contribution < -0.4 is 0 Å². The summed E-state index contributed by atoms with van der Waals surface area (Å²) in [6.45, 7) is 2.84. The number of hydrogen-bond donors (Lipinski definition) is 2. The van der Waals surface area contributed by atoms with E-state index in [0.29, 0.717) is 23.5 Å². The third-order valence-electron chi connectivity index (χ3n) is 4.18. The summed E-state index contributed by atoms with van der Waals surface area (Å²) in [7, 11) is -1.18. The van der Waals surface area contributed by atoms with Crippen molar-refractivity contribution in [3.63, 3.8) is 0 Å². The van der Waals surface area contributed by atoms with E-state index in [-0.39, 0.29) is 24.8 Å². The molecule has 128 valence electrons. The summed E-state index contributed by atoms with van der Waals surface area (Å²) < 4.78 is 12.5. The van der Waals surface area contributed by atoms with Crippen molar-refractivity contribution in [1.82, 2.24) is 15.1 Å². The molecule has 0 bridgehead atoms. The molecule has 2 heterocycles. The zero-order valence-corrected chi connectivity index (χ0v) is 14.4. The average Bonchev–Trinajstić information content (AvgIpc) is 3.02. The Kier molecular flexibility index (Phi) is 5.11. The van der Waals surface area contributed by atoms with E-state index in [4.69, 9.17) is 0 Å². The first-order chi connectivity index (χ1) is 11.7. The first-order valence-electron chi connectivity index (χ1n) is 8.12. The summed E-state index contributed by atoms with van der Waals surface area (Å²) in [5.41, 5.74) is 2.61.